The van der Waals surface area contributed by atoms with E-state index in [1.165, 1.54) is 0 Å². The van der Waals surface area contributed by atoms with Crippen LogP contribution in [0.3, 0.4) is 0 Å². The molecule has 2 N–H and O–H groups in total. The molecule has 0 aromatic heterocycles. The summed E-state index contributed by atoms with van der Waals surface area (Å²) in [5.74, 6) is 0.293. The number of fused-ring (bicyclic) bond motifs is 1. The fraction of sp³-hybridized carbons (Fsp3) is 0.500. The van der Waals surface area contributed by atoms with Crippen LogP contribution in [-0.4, -0.2) is 35.9 Å². The van der Waals surface area contributed by atoms with Crippen molar-refractivity contribution in [2.24, 2.45) is 11.7 Å². The molecule has 2 aliphatic rings. The number of carbonyl (C=O) groups is 2. The minimum atomic E-state index is -0.318. The van der Waals surface area contributed by atoms with Crippen LogP contribution in [-0.2, 0) is 11.2 Å². The van der Waals surface area contributed by atoms with Gasteiger partial charge in [-0.2, -0.15) is 0 Å². The Bertz CT molecular complexity index is 585. The Hall–Kier alpha value is -2.04. The van der Waals surface area contributed by atoms with Gasteiger partial charge in [-0.05, 0) is 43.5 Å². The Balaban J connectivity index is 1.81. The van der Waals surface area contributed by atoms with Crippen molar-refractivity contribution in [2.75, 3.05) is 13.2 Å². The Morgan fingerprint density at radius 1 is 1.33 bits per heavy atom. The summed E-state index contributed by atoms with van der Waals surface area (Å²) in [6, 6.07) is 5.70. The van der Waals surface area contributed by atoms with Gasteiger partial charge in [0.05, 0.1) is 12.5 Å². The molecule has 0 aliphatic carbocycles. The Morgan fingerprint density at radius 3 is 2.90 bits per heavy atom. The fourth-order valence-electron chi connectivity index (χ4n) is 3.11. The molecule has 2 unspecified atom stereocenters. The molecule has 5 heteroatoms. The molecule has 0 spiro atoms. The third-order valence-corrected chi connectivity index (χ3v) is 4.48. The van der Waals surface area contributed by atoms with Crippen molar-refractivity contribution < 1.29 is 14.3 Å². The van der Waals surface area contributed by atoms with Gasteiger partial charge in [-0.15, -0.1) is 0 Å². The fourth-order valence-corrected chi connectivity index (χ4v) is 3.11. The lowest BCUT2D eigenvalue weighted by Gasteiger charge is -2.37. The molecule has 2 aliphatic heterocycles. The van der Waals surface area contributed by atoms with E-state index in [9.17, 15) is 9.59 Å². The highest BCUT2D eigenvalue weighted by Crippen LogP contribution is 2.28. The van der Waals surface area contributed by atoms with Gasteiger partial charge in [0.1, 0.15) is 5.75 Å². The summed E-state index contributed by atoms with van der Waals surface area (Å²) < 4.78 is 5.46. The molecule has 0 radical (unpaired) electrons. The first kappa shape index (κ1) is 13.9. The normalized spacial score (nSPS) is 24.3. The first-order valence-electron chi connectivity index (χ1n) is 7.42. The standard InChI is InChI=1S/C16H20N2O3/c1-10-2-3-13(15(17)19)9-18(10)16(20)12-4-5-14-11(8-12)6-7-21-14/h4-5,8,10,13H,2-3,6-7,9H2,1H3,(H2,17,19). The molecular formula is C16H20N2O3. The van der Waals surface area contributed by atoms with Crippen molar-refractivity contribution in [3.8, 4) is 5.75 Å². The van der Waals surface area contributed by atoms with Gasteiger partial charge in [0, 0.05) is 24.6 Å². The minimum absolute atomic E-state index is 0.0249. The second-order valence-electron chi connectivity index (χ2n) is 5.90. The molecule has 1 fully saturated rings. The highest BCUT2D eigenvalue weighted by molar-refractivity contribution is 5.95. The monoisotopic (exact) mass is 288 g/mol. The van der Waals surface area contributed by atoms with E-state index < -0.39 is 0 Å². The molecule has 1 aromatic carbocycles. The zero-order valence-electron chi connectivity index (χ0n) is 12.2. The molecule has 0 saturated carbocycles. The molecule has 2 heterocycles. The summed E-state index contributed by atoms with van der Waals surface area (Å²) in [7, 11) is 0. The van der Waals surface area contributed by atoms with Gasteiger partial charge in [0.2, 0.25) is 5.91 Å². The maximum atomic E-state index is 12.7. The molecule has 112 valence electrons. The van der Waals surface area contributed by atoms with Gasteiger partial charge in [-0.1, -0.05) is 0 Å². The number of benzene rings is 1. The number of rotatable bonds is 2. The summed E-state index contributed by atoms with van der Waals surface area (Å²) >= 11 is 0. The molecule has 2 amide bonds. The summed E-state index contributed by atoms with van der Waals surface area (Å²) in [5, 5.41) is 0. The molecule has 5 nitrogen and oxygen atoms in total. The van der Waals surface area contributed by atoms with E-state index in [-0.39, 0.29) is 23.8 Å². The number of primary amides is 1. The molecule has 2 atom stereocenters. The average molecular weight is 288 g/mol. The van der Waals surface area contributed by atoms with E-state index >= 15 is 0 Å². The largest absolute Gasteiger partial charge is 0.493 e. The Kier molecular flexibility index (Phi) is 3.57. The van der Waals surface area contributed by atoms with Crippen molar-refractivity contribution in [1.29, 1.82) is 0 Å². The van der Waals surface area contributed by atoms with Crippen molar-refractivity contribution in [3.63, 3.8) is 0 Å². The first-order valence-corrected chi connectivity index (χ1v) is 7.42. The van der Waals surface area contributed by atoms with Gasteiger partial charge in [0.15, 0.2) is 0 Å². The molecule has 1 saturated heterocycles. The van der Waals surface area contributed by atoms with Crippen LogP contribution >= 0.6 is 0 Å². The Labute approximate surface area is 124 Å². The van der Waals surface area contributed by atoms with E-state index in [2.05, 4.69) is 0 Å². The zero-order valence-corrected chi connectivity index (χ0v) is 12.2. The number of amides is 2. The number of hydrogen-bond acceptors (Lipinski definition) is 3. The van der Waals surface area contributed by atoms with Crippen LogP contribution in [0.1, 0.15) is 35.7 Å². The van der Waals surface area contributed by atoms with Crippen LogP contribution in [0.4, 0.5) is 0 Å². The highest BCUT2D eigenvalue weighted by atomic mass is 16.5. The maximum Gasteiger partial charge on any atom is 0.254 e. The lowest BCUT2D eigenvalue weighted by molar-refractivity contribution is -0.123. The predicted octanol–water partition coefficient (Wildman–Crippen LogP) is 1.35. The number of piperidine rings is 1. The third-order valence-electron chi connectivity index (χ3n) is 4.48. The number of nitrogens with two attached hydrogens (primary N) is 1. The number of likely N-dealkylation sites (tertiary alicyclic amines) is 1. The van der Waals surface area contributed by atoms with Gasteiger partial charge in [0.25, 0.3) is 5.91 Å². The number of nitrogens with zero attached hydrogens (tertiary/aromatic N) is 1. The predicted molar refractivity (Wildman–Crippen MR) is 78.1 cm³/mol. The second-order valence-corrected chi connectivity index (χ2v) is 5.90. The van der Waals surface area contributed by atoms with E-state index in [1.54, 1.807) is 11.0 Å². The molecule has 1 aromatic rings. The van der Waals surface area contributed by atoms with Crippen molar-refractivity contribution in [2.45, 2.75) is 32.2 Å². The second kappa shape index (κ2) is 5.39. The Morgan fingerprint density at radius 2 is 2.14 bits per heavy atom. The minimum Gasteiger partial charge on any atom is -0.493 e. The lowest BCUT2D eigenvalue weighted by Crippen LogP contribution is -2.48. The molecular weight excluding hydrogens is 268 g/mol. The van der Waals surface area contributed by atoms with E-state index in [1.807, 2.05) is 19.1 Å². The van der Waals surface area contributed by atoms with Crippen molar-refractivity contribution in [3.05, 3.63) is 29.3 Å². The summed E-state index contributed by atoms with van der Waals surface area (Å²) in [4.78, 5) is 25.9. The highest BCUT2D eigenvalue weighted by Gasteiger charge is 2.32. The van der Waals surface area contributed by atoms with Gasteiger partial charge >= 0.3 is 0 Å². The van der Waals surface area contributed by atoms with Gasteiger partial charge < -0.3 is 15.4 Å². The molecule has 3 rings (SSSR count). The number of carbonyl (C=O) groups excluding carboxylic acids is 2. The summed E-state index contributed by atoms with van der Waals surface area (Å²) in [6.45, 7) is 3.12. The number of ether oxygens (including phenoxy) is 1. The van der Waals surface area contributed by atoms with Crippen LogP contribution < -0.4 is 10.5 Å². The summed E-state index contributed by atoms with van der Waals surface area (Å²) in [5.41, 5.74) is 7.14. The SMILES string of the molecule is CC1CCC(C(N)=O)CN1C(=O)c1ccc2c(c1)CCO2. The summed E-state index contributed by atoms with van der Waals surface area (Å²) in [6.07, 6.45) is 2.42. The average Bonchev–Trinajstić information content (AvgIpc) is 2.94. The number of hydrogen-bond donors (Lipinski definition) is 1. The van der Waals surface area contributed by atoms with Crippen LogP contribution in [0.2, 0.25) is 0 Å². The zero-order chi connectivity index (χ0) is 15.0. The van der Waals surface area contributed by atoms with Gasteiger partial charge in [-0.25, -0.2) is 0 Å². The van der Waals surface area contributed by atoms with Crippen molar-refractivity contribution >= 4 is 11.8 Å². The van der Waals surface area contributed by atoms with Crippen LogP contribution in [0.15, 0.2) is 18.2 Å². The van der Waals surface area contributed by atoms with Crippen molar-refractivity contribution in [1.82, 2.24) is 4.90 Å². The van der Waals surface area contributed by atoms with E-state index in [0.29, 0.717) is 18.7 Å². The molecule has 21 heavy (non-hydrogen) atoms. The van der Waals surface area contributed by atoms with Crippen LogP contribution in [0.25, 0.3) is 0 Å². The quantitative estimate of drug-likeness (QED) is 0.892. The topological polar surface area (TPSA) is 72.6 Å². The van der Waals surface area contributed by atoms with Crippen LogP contribution in [0, 0.1) is 5.92 Å². The van der Waals surface area contributed by atoms with Crippen LogP contribution in [0.5, 0.6) is 5.75 Å². The first-order chi connectivity index (χ1) is 10.1. The molecule has 0 bridgehead atoms. The smallest absolute Gasteiger partial charge is 0.254 e. The van der Waals surface area contributed by atoms with E-state index in [0.717, 1.165) is 30.6 Å². The third kappa shape index (κ3) is 2.60. The van der Waals surface area contributed by atoms with E-state index in [4.69, 9.17) is 10.5 Å². The maximum absolute atomic E-state index is 12.7. The van der Waals surface area contributed by atoms with Gasteiger partial charge in [-0.3, -0.25) is 9.59 Å². The lowest BCUT2D eigenvalue weighted by atomic mass is 9.92.